The Morgan fingerprint density at radius 1 is 1.75 bits per heavy atom. The average molecular weight is 168 g/mol. The third kappa shape index (κ3) is 2.49. The predicted molar refractivity (Wildman–Crippen MR) is 39.8 cm³/mol. The van der Waals surface area contributed by atoms with Crippen LogP contribution in [0.15, 0.2) is 12.4 Å². The molecule has 64 valence electrons. The maximum Gasteiger partial charge on any atom is 0.332 e. The Balaban J connectivity index is 2.45. The minimum Gasteiger partial charge on any atom is -0.463 e. The molecule has 0 aliphatic heterocycles. The van der Waals surface area contributed by atoms with Gasteiger partial charge in [0.2, 0.25) is 0 Å². The summed E-state index contributed by atoms with van der Waals surface area (Å²) >= 11 is 0. The zero-order chi connectivity index (χ0) is 8.81. The summed E-state index contributed by atoms with van der Waals surface area (Å²) in [6.07, 6.45) is 3.87. The van der Waals surface area contributed by atoms with Crippen LogP contribution in [0.4, 0.5) is 0 Å². The van der Waals surface area contributed by atoms with Crippen LogP contribution in [-0.4, -0.2) is 32.8 Å². The lowest BCUT2D eigenvalue weighted by atomic mass is 10.6. The van der Waals surface area contributed by atoms with Crippen LogP contribution in [0.5, 0.6) is 0 Å². The van der Waals surface area contributed by atoms with Crippen molar-refractivity contribution in [3.05, 3.63) is 12.4 Å². The summed E-state index contributed by atoms with van der Waals surface area (Å²) in [5.74, 6) is -0.421. The number of ether oxygens (including phenoxy) is 1. The normalized spacial score (nSPS) is 10.4. The van der Waals surface area contributed by atoms with E-state index in [9.17, 15) is 4.79 Å². The molecular formula is C6H8N4O2. The number of aromatic nitrogens is 4. The highest BCUT2D eigenvalue weighted by atomic mass is 16.5. The molecule has 1 heterocycles. The van der Waals surface area contributed by atoms with Gasteiger partial charge in [-0.3, -0.25) is 0 Å². The fraction of sp³-hybridized carbons (Fsp3) is 0.333. The molecule has 0 saturated carbocycles. The first-order valence-electron chi connectivity index (χ1n) is 3.40. The van der Waals surface area contributed by atoms with E-state index < -0.39 is 5.97 Å². The molecule has 0 aromatic carbocycles. The second-order valence-corrected chi connectivity index (χ2v) is 1.82. The van der Waals surface area contributed by atoms with Crippen LogP contribution in [0.2, 0.25) is 0 Å². The number of carbonyl (C=O) groups is 1. The van der Waals surface area contributed by atoms with Gasteiger partial charge in [-0.05, 0) is 12.1 Å². The van der Waals surface area contributed by atoms with Gasteiger partial charge >= 0.3 is 5.97 Å². The van der Waals surface area contributed by atoms with Crippen molar-refractivity contribution in [1.82, 2.24) is 20.2 Å². The zero-order valence-electron chi connectivity index (χ0n) is 6.54. The largest absolute Gasteiger partial charge is 0.463 e. The zero-order valence-corrected chi connectivity index (χ0v) is 6.54. The Morgan fingerprint density at radius 3 is 3.17 bits per heavy atom. The lowest BCUT2D eigenvalue weighted by molar-refractivity contribution is -0.137. The molecule has 0 fully saturated rings. The van der Waals surface area contributed by atoms with E-state index in [1.807, 2.05) is 0 Å². The number of nitrogens with zero attached hydrogens (tertiary/aromatic N) is 4. The average Bonchev–Trinajstić information content (AvgIpc) is 2.53. The molecule has 0 N–H and O–H groups in total. The van der Waals surface area contributed by atoms with E-state index in [-0.39, 0.29) is 0 Å². The number of hydrogen-bond acceptors (Lipinski definition) is 5. The quantitative estimate of drug-likeness (QED) is 0.458. The second-order valence-electron chi connectivity index (χ2n) is 1.82. The Labute approximate surface area is 68.8 Å². The second kappa shape index (κ2) is 4.22. The van der Waals surface area contributed by atoms with E-state index in [4.69, 9.17) is 0 Å². The van der Waals surface area contributed by atoms with Crippen molar-refractivity contribution < 1.29 is 9.53 Å². The molecule has 0 saturated heterocycles. The van der Waals surface area contributed by atoms with E-state index in [1.165, 1.54) is 18.6 Å². The first-order chi connectivity index (χ1) is 5.83. The van der Waals surface area contributed by atoms with Gasteiger partial charge in [-0.25, -0.2) is 4.79 Å². The Hall–Kier alpha value is -1.72. The molecular weight excluding hydrogens is 160 g/mol. The first-order valence-corrected chi connectivity index (χ1v) is 3.40. The molecule has 6 nitrogen and oxygen atoms in total. The third-order valence-electron chi connectivity index (χ3n) is 0.995. The van der Waals surface area contributed by atoms with Crippen molar-refractivity contribution in [1.29, 1.82) is 0 Å². The highest BCUT2D eigenvalue weighted by Crippen LogP contribution is 1.82. The van der Waals surface area contributed by atoms with Gasteiger partial charge in [0.05, 0.1) is 12.8 Å². The molecule has 1 rings (SSSR count). The summed E-state index contributed by atoms with van der Waals surface area (Å²) < 4.78 is 4.63. The molecule has 0 unspecified atom stereocenters. The lowest BCUT2D eigenvalue weighted by Crippen LogP contribution is -2.00. The van der Waals surface area contributed by atoms with E-state index in [1.54, 1.807) is 6.92 Å². The van der Waals surface area contributed by atoms with Crippen molar-refractivity contribution in [2.45, 2.75) is 6.92 Å². The first kappa shape index (κ1) is 8.38. The molecule has 0 aliphatic carbocycles. The molecule has 1 aromatic rings. The van der Waals surface area contributed by atoms with Gasteiger partial charge in [0.15, 0.2) is 6.33 Å². The van der Waals surface area contributed by atoms with Gasteiger partial charge in [0.25, 0.3) is 0 Å². The number of hydrogen-bond donors (Lipinski definition) is 0. The number of carbonyl (C=O) groups excluding carboxylic acids is 1. The van der Waals surface area contributed by atoms with Gasteiger partial charge in [-0.2, -0.15) is 0 Å². The Kier molecular flexibility index (Phi) is 2.95. The molecule has 1 aromatic heterocycles. The summed E-state index contributed by atoms with van der Waals surface area (Å²) in [5.41, 5.74) is 0. The molecule has 0 bridgehead atoms. The maximum absolute atomic E-state index is 10.7. The van der Waals surface area contributed by atoms with Crippen LogP contribution in [-0.2, 0) is 9.53 Å². The highest BCUT2D eigenvalue weighted by molar-refractivity contribution is 5.84. The number of esters is 1. The van der Waals surface area contributed by atoms with Gasteiger partial charge in [-0.15, -0.1) is 15.0 Å². The van der Waals surface area contributed by atoms with Crippen molar-refractivity contribution >= 4 is 12.2 Å². The van der Waals surface area contributed by atoms with Crippen molar-refractivity contribution in [2.24, 2.45) is 0 Å². The fourth-order valence-electron chi connectivity index (χ4n) is 0.561. The van der Waals surface area contributed by atoms with Crippen LogP contribution < -0.4 is 0 Å². The molecule has 0 aliphatic rings. The van der Waals surface area contributed by atoms with Gasteiger partial charge < -0.3 is 4.74 Å². The minimum atomic E-state index is -0.421. The monoisotopic (exact) mass is 168 g/mol. The molecule has 0 amide bonds. The van der Waals surface area contributed by atoms with Crippen LogP contribution in [0, 0.1) is 0 Å². The molecule has 6 heteroatoms. The summed E-state index contributed by atoms with van der Waals surface area (Å²) in [5, 5.41) is 10.6. The topological polar surface area (TPSA) is 69.9 Å². The van der Waals surface area contributed by atoms with Crippen LogP contribution in [0.25, 0.3) is 6.20 Å². The SMILES string of the molecule is CCOC(=O)/C=C\n1ncnn1. The van der Waals surface area contributed by atoms with E-state index in [0.717, 1.165) is 4.80 Å². The molecule has 0 spiro atoms. The number of rotatable bonds is 3. The van der Waals surface area contributed by atoms with Gasteiger partial charge in [0.1, 0.15) is 0 Å². The standard InChI is InChI=1S/C6H8N4O2/c1-2-12-6(11)3-4-10-8-5-7-9-10/h3-5H,2H2,1H3/b4-3-. The van der Waals surface area contributed by atoms with Gasteiger partial charge in [0, 0.05) is 6.08 Å². The Morgan fingerprint density at radius 2 is 2.58 bits per heavy atom. The van der Waals surface area contributed by atoms with Gasteiger partial charge in [-0.1, -0.05) is 0 Å². The predicted octanol–water partition coefficient (Wildman–Crippen LogP) is -0.293. The summed E-state index contributed by atoms with van der Waals surface area (Å²) in [7, 11) is 0. The Bertz CT molecular complexity index is 267. The highest BCUT2D eigenvalue weighted by Gasteiger charge is 1.93. The lowest BCUT2D eigenvalue weighted by Gasteiger charge is -1.93. The molecule has 12 heavy (non-hydrogen) atoms. The minimum absolute atomic E-state index is 0.355. The van der Waals surface area contributed by atoms with E-state index in [0.29, 0.717) is 6.61 Å². The third-order valence-corrected chi connectivity index (χ3v) is 0.995. The smallest absolute Gasteiger partial charge is 0.332 e. The van der Waals surface area contributed by atoms with Crippen LogP contribution in [0.1, 0.15) is 6.92 Å². The maximum atomic E-state index is 10.7. The summed E-state index contributed by atoms with van der Waals surface area (Å²) in [6.45, 7) is 2.09. The van der Waals surface area contributed by atoms with Crippen molar-refractivity contribution in [3.8, 4) is 0 Å². The van der Waals surface area contributed by atoms with E-state index in [2.05, 4.69) is 20.1 Å². The van der Waals surface area contributed by atoms with E-state index >= 15 is 0 Å². The molecule has 0 radical (unpaired) electrons. The van der Waals surface area contributed by atoms with Crippen LogP contribution >= 0.6 is 0 Å². The summed E-state index contributed by atoms with van der Waals surface area (Å²) in [6, 6.07) is 0. The van der Waals surface area contributed by atoms with Crippen LogP contribution in [0.3, 0.4) is 0 Å². The van der Waals surface area contributed by atoms with Crippen molar-refractivity contribution in [3.63, 3.8) is 0 Å². The molecule has 0 atom stereocenters. The fourth-order valence-corrected chi connectivity index (χ4v) is 0.561. The summed E-state index contributed by atoms with van der Waals surface area (Å²) in [4.78, 5) is 11.9. The van der Waals surface area contributed by atoms with Crippen molar-refractivity contribution in [2.75, 3.05) is 6.61 Å². The number of tetrazole rings is 1.